The summed E-state index contributed by atoms with van der Waals surface area (Å²) in [5, 5.41) is 0. The van der Waals surface area contributed by atoms with E-state index in [1.807, 2.05) is 6.92 Å². The third kappa shape index (κ3) is 1.97. The highest BCUT2D eigenvalue weighted by Gasteiger charge is 2.34. The minimum absolute atomic E-state index is 0.0955. The molecule has 1 unspecified atom stereocenters. The summed E-state index contributed by atoms with van der Waals surface area (Å²) in [5.41, 5.74) is 0.598. The van der Waals surface area contributed by atoms with E-state index in [9.17, 15) is 4.79 Å². The Morgan fingerprint density at radius 3 is 2.64 bits per heavy atom. The summed E-state index contributed by atoms with van der Waals surface area (Å²) in [6.07, 6.45) is 2.34. The van der Waals surface area contributed by atoms with Crippen LogP contribution < -0.4 is 0 Å². The molecule has 0 amide bonds. The van der Waals surface area contributed by atoms with Gasteiger partial charge in [-0.3, -0.25) is 4.79 Å². The van der Waals surface area contributed by atoms with E-state index >= 15 is 0 Å². The highest BCUT2D eigenvalue weighted by atomic mass is 35.5. The lowest BCUT2D eigenvalue weighted by molar-refractivity contribution is 0.0917. The van der Waals surface area contributed by atoms with Crippen molar-refractivity contribution in [2.24, 2.45) is 11.8 Å². The number of ketones is 1. The van der Waals surface area contributed by atoms with Gasteiger partial charge in [-0.25, -0.2) is 0 Å². The Labute approximate surface area is 97.0 Å². The molecule has 0 bridgehead atoms. The van der Waals surface area contributed by atoms with Crippen molar-refractivity contribution in [1.82, 2.24) is 0 Å². The van der Waals surface area contributed by atoms with Crippen LogP contribution in [0.25, 0.3) is 0 Å². The minimum atomic E-state index is 0.0955. The molecule has 0 spiro atoms. The van der Waals surface area contributed by atoms with Gasteiger partial charge in [0.25, 0.3) is 0 Å². The summed E-state index contributed by atoms with van der Waals surface area (Å²) < 4.78 is 1.11. The molecule has 1 fully saturated rings. The van der Waals surface area contributed by atoms with Gasteiger partial charge in [0.15, 0.2) is 5.78 Å². The lowest BCUT2D eigenvalue weighted by atomic mass is 9.97. The number of hydrogen-bond acceptors (Lipinski definition) is 2. The third-order valence-corrected chi connectivity index (χ3v) is 4.15. The lowest BCUT2D eigenvalue weighted by Gasteiger charge is -2.06. The van der Waals surface area contributed by atoms with Crippen LogP contribution in [0.4, 0.5) is 0 Å². The first-order chi connectivity index (χ1) is 6.59. The molecule has 2 rings (SSSR count). The summed E-state index contributed by atoms with van der Waals surface area (Å²) >= 11 is 13.0. The molecule has 0 radical (unpaired) electrons. The SMILES string of the molecule is CC(C(=O)c1cc(Cl)sc1Cl)C1CC1. The largest absolute Gasteiger partial charge is 0.294 e. The number of hydrogen-bond donors (Lipinski definition) is 0. The van der Waals surface area contributed by atoms with E-state index in [0.29, 0.717) is 20.2 Å². The molecule has 0 N–H and O–H groups in total. The maximum Gasteiger partial charge on any atom is 0.168 e. The predicted octanol–water partition coefficient (Wildman–Crippen LogP) is 4.28. The summed E-state index contributed by atoms with van der Waals surface area (Å²) in [5.74, 6) is 0.802. The highest BCUT2D eigenvalue weighted by Crippen LogP contribution is 2.40. The van der Waals surface area contributed by atoms with Gasteiger partial charge in [-0.2, -0.15) is 0 Å². The average Bonchev–Trinajstić information content (AvgIpc) is 2.90. The summed E-state index contributed by atoms with van der Waals surface area (Å²) in [4.78, 5) is 11.9. The van der Waals surface area contributed by atoms with Gasteiger partial charge in [0.2, 0.25) is 0 Å². The standard InChI is InChI=1S/C10H10Cl2OS/c1-5(6-2-3-6)9(13)7-4-8(11)14-10(7)12/h4-6H,2-3H2,1H3. The Kier molecular flexibility index (Phi) is 2.87. The van der Waals surface area contributed by atoms with E-state index in [0.717, 1.165) is 0 Å². The van der Waals surface area contributed by atoms with Crippen LogP contribution >= 0.6 is 34.5 Å². The van der Waals surface area contributed by atoms with E-state index in [-0.39, 0.29) is 11.7 Å². The maximum absolute atomic E-state index is 11.9. The Hall–Kier alpha value is -0.0500. The van der Waals surface area contributed by atoms with Gasteiger partial charge in [0.1, 0.15) is 4.34 Å². The quantitative estimate of drug-likeness (QED) is 0.730. The van der Waals surface area contributed by atoms with Crippen LogP contribution in [0.1, 0.15) is 30.1 Å². The molecule has 76 valence electrons. The summed E-state index contributed by atoms with van der Waals surface area (Å²) in [6, 6.07) is 1.68. The van der Waals surface area contributed by atoms with Gasteiger partial charge in [-0.05, 0) is 24.8 Å². The normalized spacial score (nSPS) is 18.2. The Morgan fingerprint density at radius 1 is 1.57 bits per heavy atom. The topological polar surface area (TPSA) is 17.1 Å². The van der Waals surface area contributed by atoms with Gasteiger partial charge < -0.3 is 0 Å². The molecule has 14 heavy (non-hydrogen) atoms. The van der Waals surface area contributed by atoms with Crippen LogP contribution in [0.2, 0.25) is 8.67 Å². The molecule has 1 aliphatic carbocycles. The van der Waals surface area contributed by atoms with Crippen molar-refractivity contribution in [1.29, 1.82) is 0 Å². The van der Waals surface area contributed by atoms with Crippen molar-refractivity contribution >= 4 is 40.3 Å². The average molecular weight is 249 g/mol. The number of halogens is 2. The zero-order valence-corrected chi connectivity index (χ0v) is 10.0. The molecule has 0 aliphatic heterocycles. The van der Waals surface area contributed by atoms with E-state index in [2.05, 4.69) is 0 Å². The van der Waals surface area contributed by atoms with Gasteiger partial charge >= 0.3 is 0 Å². The zero-order chi connectivity index (χ0) is 10.3. The van der Waals surface area contributed by atoms with Crippen molar-refractivity contribution in [3.05, 3.63) is 20.3 Å². The van der Waals surface area contributed by atoms with Crippen molar-refractivity contribution in [3.63, 3.8) is 0 Å². The second-order valence-electron chi connectivity index (χ2n) is 3.73. The number of carbonyl (C=O) groups is 1. The van der Waals surface area contributed by atoms with Crippen LogP contribution in [-0.4, -0.2) is 5.78 Å². The summed E-state index contributed by atoms with van der Waals surface area (Å²) in [7, 11) is 0. The molecular formula is C10H10Cl2OS. The zero-order valence-electron chi connectivity index (χ0n) is 7.72. The number of carbonyl (C=O) groups excluding carboxylic acids is 1. The second-order valence-corrected chi connectivity index (χ2v) is 6.01. The van der Waals surface area contributed by atoms with Crippen LogP contribution in [-0.2, 0) is 0 Å². The summed E-state index contributed by atoms with van der Waals surface area (Å²) in [6.45, 7) is 1.97. The Morgan fingerprint density at radius 2 is 2.21 bits per heavy atom. The first kappa shape index (κ1) is 10.5. The molecule has 1 nitrogen and oxygen atoms in total. The first-order valence-corrected chi connectivity index (χ1v) is 6.16. The molecule has 4 heteroatoms. The minimum Gasteiger partial charge on any atom is -0.294 e. The fourth-order valence-corrected chi connectivity index (χ4v) is 3.04. The molecule has 1 saturated carbocycles. The first-order valence-electron chi connectivity index (χ1n) is 4.58. The van der Waals surface area contributed by atoms with Crippen molar-refractivity contribution in [3.8, 4) is 0 Å². The molecule has 1 aliphatic rings. The monoisotopic (exact) mass is 248 g/mol. The van der Waals surface area contributed by atoms with Gasteiger partial charge in [0, 0.05) is 11.5 Å². The predicted molar refractivity (Wildman–Crippen MR) is 60.6 cm³/mol. The number of Topliss-reactive ketones (excluding diaryl/α,β-unsaturated/α-hetero) is 1. The molecular weight excluding hydrogens is 239 g/mol. The maximum atomic E-state index is 11.9. The number of rotatable bonds is 3. The Balaban J connectivity index is 2.21. The van der Waals surface area contributed by atoms with Crippen LogP contribution in [0, 0.1) is 11.8 Å². The smallest absolute Gasteiger partial charge is 0.168 e. The van der Waals surface area contributed by atoms with Crippen LogP contribution in [0.3, 0.4) is 0 Å². The Bertz CT molecular complexity index is 368. The fraction of sp³-hybridized carbons (Fsp3) is 0.500. The van der Waals surface area contributed by atoms with E-state index in [4.69, 9.17) is 23.2 Å². The van der Waals surface area contributed by atoms with Crippen LogP contribution in [0.5, 0.6) is 0 Å². The molecule has 0 aromatic carbocycles. The van der Waals surface area contributed by atoms with E-state index in [1.54, 1.807) is 6.07 Å². The van der Waals surface area contributed by atoms with Gasteiger partial charge in [0.05, 0.1) is 4.34 Å². The number of thiophene rings is 1. The second kappa shape index (κ2) is 3.84. The van der Waals surface area contributed by atoms with Gasteiger partial charge in [-0.1, -0.05) is 30.1 Å². The fourth-order valence-electron chi connectivity index (χ4n) is 1.56. The third-order valence-electron chi connectivity index (χ3n) is 2.66. The molecule has 1 heterocycles. The highest BCUT2D eigenvalue weighted by molar-refractivity contribution is 7.20. The molecule has 1 aromatic rings. The van der Waals surface area contributed by atoms with Gasteiger partial charge in [-0.15, -0.1) is 11.3 Å². The van der Waals surface area contributed by atoms with Crippen molar-refractivity contribution in [2.45, 2.75) is 19.8 Å². The molecule has 0 saturated heterocycles. The van der Waals surface area contributed by atoms with E-state index < -0.39 is 0 Å². The van der Waals surface area contributed by atoms with Crippen LogP contribution in [0.15, 0.2) is 6.07 Å². The molecule has 1 aromatic heterocycles. The van der Waals surface area contributed by atoms with Crippen molar-refractivity contribution < 1.29 is 4.79 Å². The molecule has 1 atom stereocenters. The van der Waals surface area contributed by atoms with Crippen molar-refractivity contribution in [2.75, 3.05) is 0 Å². The van der Waals surface area contributed by atoms with E-state index in [1.165, 1.54) is 24.2 Å². The lowest BCUT2D eigenvalue weighted by Crippen LogP contribution is -2.12.